The number of hydrogen-bond acceptors (Lipinski definition) is 5. The molecule has 0 spiro atoms. The Hall–Kier alpha value is -1.44. The summed E-state index contributed by atoms with van der Waals surface area (Å²) in [6, 6.07) is 10.3. The average Bonchev–Trinajstić information content (AvgIpc) is 2.97. The third kappa shape index (κ3) is 5.03. The van der Waals surface area contributed by atoms with Crippen molar-refractivity contribution in [3.05, 3.63) is 35.9 Å². The highest BCUT2D eigenvalue weighted by Crippen LogP contribution is 2.17. The molecule has 6 nitrogen and oxygen atoms in total. The van der Waals surface area contributed by atoms with Gasteiger partial charge >= 0.3 is 0 Å². The van der Waals surface area contributed by atoms with Crippen LogP contribution in [0.3, 0.4) is 0 Å². The number of carbonyl (C=O) groups is 1. The van der Waals surface area contributed by atoms with Crippen molar-refractivity contribution in [1.29, 1.82) is 0 Å². The molecule has 0 aromatic heterocycles. The molecule has 1 aromatic rings. The van der Waals surface area contributed by atoms with E-state index in [4.69, 9.17) is 0 Å². The molecule has 2 aliphatic rings. The molecule has 0 N–H and O–H groups in total. The van der Waals surface area contributed by atoms with Crippen LogP contribution in [0.4, 0.5) is 0 Å². The quantitative estimate of drug-likeness (QED) is 0.758. The van der Waals surface area contributed by atoms with Gasteiger partial charge in [0.1, 0.15) is 0 Å². The number of carbonyl (C=O) groups excluding carboxylic acids is 1. The Morgan fingerprint density at radius 1 is 1.12 bits per heavy atom. The lowest BCUT2D eigenvalue weighted by molar-refractivity contribution is -0.133. The lowest BCUT2D eigenvalue weighted by atomic mass is 10.2. The second-order valence-corrected chi connectivity index (χ2v) is 9.33. The van der Waals surface area contributed by atoms with Gasteiger partial charge in [0.25, 0.3) is 0 Å². The summed E-state index contributed by atoms with van der Waals surface area (Å²) in [6.45, 7) is 4.97. The molecule has 0 radical (unpaired) electrons. The van der Waals surface area contributed by atoms with E-state index < -0.39 is 9.84 Å². The predicted molar refractivity (Wildman–Crippen MR) is 98.0 cm³/mol. The molecule has 2 saturated heterocycles. The van der Waals surface area contributed by atoms with Crippen LogP contribution in [-0.2, 0) is 21.2 Å². The van der Waals surface area contributed by atoms with Crippen LogP contribution in [0.1, 0.15) is 12.0 Å². The summed E-state index contributed by atoms with van der Waals surface area (Å²) in [6.07, 6.45) is 0.565. The van der Waals surface area contributed by atoms with Crippen molar-refractivity contribution in [3.63, 3.8) is 0 Å². The van der Waals surface area contributed by atoms with Crippen LogP contribution in [0, 0.1) is 0 Å². The molecule has 2 heterocycles. The first-order chi connectivity index (χ1) is 11.9. The molecule has 7 heteroatoms. The van der Waals surface area contributed by atoms with E-state index in [-0.39, 0.29) is 23.5 Å². The highest BCUT2D eigenvalue weighted by Gasteiger charge is 2.33. The fraction of sp³-hybridized carbons (Fsp3) is 0.611. The van der Waals surface area contributed by atoms with Crippen molar-refractivity contribution in [2.75, 3.05) is 51.3 Å². The molecule has 2 aliphatic heterocycles. The van der Waals surface area contributed by atoms with Gasteiger partial charge in [0.05, 0.1) is 18.1 Å². The van der Waals surface area contributed by atoms with Gasteiger partial charge in [-0.15, -0.1) is 0 Å². The minimum atomic E-state index is -2.96. The third-order valence-corrected chi connectivity index (χ3v) is 6.97. The van der Waals surface area contributed by atoms with Crippen LogP contribution < -0.4 is 0 Å². The van der Waals surface area contributed by atoms with E-state index in [1.807, 2.05) is 6.07 Å². The number of amides is 1. The van der Waals surface area contributed by atoms with Gasteiger partial charge in [-0.1, -0.05) is 30.3 Å². The Morgan fingerprint density at radius 2 is 1.76 bits per heavy atom. The third-order valence-electron chi connectivity index (χ3n) is 5.22. The summed E-state index contributed by atoms with van der Waals surface area (Å²) >= 11 is 0. The largest absolute Gasteiger partial charge is 0.341 e. The minimum Gasteiger partial charge on any atom is -0.341 e. The van der Waals surface area contributed by atoms with Crippen LogP contribution in [0.15, 0.2) is 30.3 Å². The summed E-state index contributed by atoms with van der Waals surface area (Å²) in [5.41, 5.74) is 1.31. The van der Waals surface area contributed by atoms with Gasteiger partial charge in [0.15, 0.2) is 9.84 Å². The van der Waals surface area contributed by atoms with Gasteiger partial charge in [-0.2, -0.15) is 0 Å². The molecule has 138 valence electrons. The van der Waals surface area contributed by atoms with Gasteiger partial charge in [-0.05, 0) is 12.0 Å². The fourth-order valence-electron chi connectivity index (χ4n) is 3.53. The number of benzene rings is 1. The maximum Gasteiger partial charge on any atom is 0.236 e. The molecule has 0 aliphatic carbocycles. The predicted octanol–water partition coefficient (Wildman–Crippen LogP) is 0.450. The highest BCUT2D eigenvalue weighted by molar-refractivity contribution is 7.91. The molecule has 2 fully saturated rings. The fourth-order valence-corrected chi connectivity index (χ4v) is 5.31. The smallest absolute Gasteiger partial charge is 0.236 e. The zero-order valence-electron chi connectivity index (χ0n) is 14.8. The van der Waals surface area contributed by atoms with Crippen LogP contribution in [0.25, 0.3) is 0 Å². The molecule has 25 heavy (non-hydrogen) atoms. The molecule has 3 rings (SSSR count). The molecular formula is C18H27N3O3S. The molecular weight excluding hydrogens is 338 g/mol. The summed E-state index contributed by atoms with van der Waals surface area (Å²) in [5.74, 6) is 0.340. The summed E-state index contributed by atoms with van der Waals surface area (Å²) in [7, 11) is -1.22. The lowest BCUT2D eigenvalue weighted by Gasteiger charge is -2.35. The first-order valence-electron chi connectivity index (χ1n) is 8.88. The van der Waals surface area contributed by atoms with E-state index in [2.05, 4.69) is 34.1 Å². The Morgan fingerprint density at radius 3 is 2.36 bits per heavy atom. The maximum atomic E-state index is 12.5. The van der Waals surface area contributed by atoms with Gasteiger partial charge in [-0.25, -0.2) is 8.42 Å². The Bertz CT molecular complexity index is 685. The zero-order chi connectivity index (χ0) is 17.9. The second kappa shape index (κ2) is 7.85. The second-order valence-electron chi connectivity index (χ2n) is 7.10. The molecule has 1 amide bonds. The normalized spacial score (nSPS) is 24.3. The van der Waals surface area contributed by atoms with Crippen LogP contribution in [0.5, 0.6) is 0 Å². The molecule has 1 atom stereocenters. The van der Waals surface area contributed by atoms with Crippen LogP contribution in [0.2, 0.25) is 0 Å². The number of nitrogens with zero attached hydrogens (tertiary/aromatic N) is 3. The molecule has 1 unspecified atom stereocenters. The number of likely N-dealkylation sites (N-methyl/N-ethyl adjacent to an activating group) is 1. The van der Waals surface area contributed by atoms with Gasteiger partial charge in [0.2, 0.25) is 5.91 Å². The first-order valence-corrected chi connectivity index (χ1v) is 10.7. The minimum absolute atomic E-state index is 0.0265. The van der Waals surface area contributed by atoms with Crippen molar-refractivity contribution in [2.24, 2.45) is 0 Å². The summed E-state index contributed by atoms with van der Waals surface area (Å²) < 4.78 is 23.2. The van der Waals surface area contributed by atoms with E-state index in [1.54, 1.807) is 11.9 Å². The van der Waals surface area contributed by atoms with Crippen molar-refractivity contribution in [3.8, 4) is 0 Å². The van der Waals surface area contributed by atoms with Gasteiger partial charge in [0, 0.05) is 45.8 Å². The molecule has 0 bridgehead atoms. The molecule has 0 saturated carbocycles. The van der Waals surface area contributed by atoms with E-state index in [1.165, 1.54) is 5.56 Å². The molecule has 1 aromatic carbocycles. The van der Waals surface area contributed by atoms with Crippen LogP contribution >= 0.6 is 0 Å². The zero-order valence-corrected chi connectivity index (χ0v) is 15.6. The Kier molecular flexibility index (Phi) is 5.76. The topological polar surface area (TPSA) is 60.9 Å². The van der Waals surface area contributed by atoms with E-state index >= 15 is 0 Å². The average molecular weight is 365 g/mol. The van der Waals surface area contributed by atoms with Gasteiger partial charge in [-0.3, -0.25) is 14.6 Å². The van der Waals surface area contributed by atoms with E-state index in [0.29, 0.717) is 13.0 Å². The monoisotopic (exact) mass is 365 g/mol. The SMILES string of the molecule is CN(C(=O)CN1CCN(Cc2ccccc2)CC1)C1CCS(=O)(=O)C1. The lowest BCUT2D eigenvalue weighted by Crippen LogP contribution is -2.50. The van der Waals surface area contributed by atoms with Crippen molar-refractivity contribution in [2.45, 2.75) is 19.0 Å². The first kappa shape index (κ1) is 18.4. The standard InChI is InChI=1S/C18H27N3O3S/c1-19(17-7-12-25(23,24)15-17)18(22)14-21-10-8-20(9-11-21)13-16-5-3-2-4-6-16/h2-6,17H,7-15H2,1H3. The van der Waals surface area contributed by atoms with Crippen LogP contribution in [-0.4, -0.2) is 86.3 Å². The number of piperazine rings is 1. The van der Waals surface area contributed by atoms with Crippen molar-refractivity contribution < 1.29 is 13.2 Å². The number of hydrogen-bond donors (Lipinski definition) is 0. The van der Waals surface area contributed by atoms with E-state index in [0.717, 1.165) is 32.7 Å². The Balaban J connectivity index is 1.43. The maximum absolute atomic E-state index is 12.5. The van der Waals surface area contributed by atoms with E-state index in [9.17, 15) is 13.2 Å². The van der Waals surface area contributed by atoms with Crippen molar-refractivity contribution in [1.82, 2.24) is 14.7 Å². The Labute approximate surface area is 150 Å². The summed E-state index contributed by atoms with van der Waals surface area (Å²) in [5, 5.41) is 0. The number of rotatable bonds is 5. The van der Waals surface area contributed by atoms with Crippen molar-refractivity contribution >= 4 is 15.7 Å². The highest BCUT2D eigenvalue weighted by atomic mass is 32.2. The van der Waals surface area contributed by atoms with Gasteiger partial charge < -0.3 is 4.90 Å². The summed E-state index contributed by atoms with van der Waals surface area (Å²) in [4.78, 5) is 18.7. The number of sulfone groups is 1.